The van der Waals surface area contributed by atoms with Gasteiger partial charge in [-0.05, 0) is 12.0 Å². The molecule has 0 N–H and O–H groups in total. The Balaban J connectivity index is 2.15. The fraction of sp³-hybridized carbons (Fsp3) is 0.333. The third-order valence-electron chi connectivity index (χ3n) is 4.37. The van der Waals surface area contributed by atoms with Crippen molar-refractivity contribution in [3.63, 3.8) is 0 Å². The third-order valence-corrected chi connectivity index (χ3v) is 4.37. The van der Waals surface area contributed by atoms with Gasteiger partial charge in [-0.1, -0.05) is 50.1 Å². The molecule has 31 heavy (non-hydrogen) atoms. The van der Waals surface area contributed by atoms with Crippen LogP contribution in [0.2, 0.25) is 0 Å². The highest BCUT2D eigenvalue weighted by molar-refractivity contribution is 5.75. The summed E-state index contributed by atoms with van der Waals surface area (Å²) in [6, 6.07) is 8.80. The maximum Gasteiger partial charge on any atom is 0.316 e. The van der Waals surface area contributed by atoms with Crippen molar-refractivity contribution in [1.82, 2.24) is 5.06 Å². The molecule has 0 spiro atoms. The van der Waals surface area contributed by atoms with Crippen molar-refractivity contribution in [1.29, 1.82) is 0 Å². The number of amides is 1. The molecule has 2 rings (SSSR count). The molecule has 0 aliphatic heterocycles. The van der Waals surface area contributed by atoms with Gasteiger partial charge in [0, 0.05) is 0 Å². The molecule has 0 aromatic heterocycles. The molecule has 0 bridgehead atoms. The van der Waals surface area contributed by atoms with E-state index in [2.05, 4.69) is 4.74 Å². The number of carbonyl (C=O) groups is 2. The standard InChI is InChI=1S/C21H20F5NO4/c1-2-3-9-14(10-27(12-28)30-11-13-7-5-4-6-8-13)21(29)31-20-18(25)16(23)15(22)17(24)19(20)26/h4-8,12,14H,2-3,9-11H2,1H3/t14-/m1/s1. The van der Waals surface area contributed by atoms with E-state index in [1.54, 1.807) is 30.3 Å². The molecule has 0 unspecified atom stereocenters. The van der Waals surface area contributed by atoms with Crippen molar-refractivity contribution in [2.75, 3.05) is 6.54 Å². The summed E-state index contributed by atoms with van der Waals surface area (Å²) in [5.74, 6) is -15.4. The Kier molecular flexibility index (Phi) is 8.92. The molecule has 0 heterocycles. The van der Waals surface area contributed by atoms with Gasteiger partial charge in [0.1, 0.15) is 6.61 Å². The molecule has 168 valence electrons. The van der Waals surface area contributed by atoms with Crippen LogP contribution in [0, 0.1) is 35.0 Å². The number of unbranched alkanes of at least 4 members (excludes halogenated alkanes) is 1. The van der Waals surface area contributed by atoms with Gasteiger partial charge < -0.3 is 4.74 Å². The Morgan fingerprint density at radius 1 is 1.00 bits per heavy atom. The van der Waals surface area contributed by atoms with E-state index in [0.717, 1.165) is 10.6 Å². The van der Waals surface area contributed by atoms with E-state index in [0.29, 0.717) is 19.3 Å². The summed E-state index contributed by atoms with van der Waals surface area (Å²) in [4.78, 5) is 29.1. The molecule has 0 aliphatic rings. The van der Waals surface area contributed by atoms with Crippen LogP contribution in [0.3, 0.4) is 0 Å². The van der Waals surface area contributed by atoms with Crippen molar-refractivity contribution in [3.05, 3.63) is 65.0 Å². The first-order valence-corrected chi connectivity index (χ1v) is 9.42. The molecule has 0 fully saturated rings. The largest absolute Gasteiger partial charge is 0.420 e. The van der Waals surface area contributed by atoms with Gasteiger partial charge in [-0.2, -0.15) is 8.78 Å². The predicted octanol–water partition coefficient (Wildman–Crippen LogP) is 4.68. The van der Waals surface area contributed by atoms with Gasteiger partial charge >= 0.3 is 5.97 Å². The van der Waals surface area contributed by atoms with Crippen molar-refractivity contribution < 1.29 is 41.1 Å². The average Bonchev–Trinajstić information content (AvgIpc) is 2.79. The lowest BCUT2D eigenvalue weighted by molar-refractivity contribution is -0.183. The van der Waals surface area contributed by atoms with Gasteiger partial charge in [0.2, 0.25) is 41.2 Å². The van der Waals surface area contributed by atoms with Crippen LogP contribution < -0.4 is 4.74 Å². The monoisotopic (exact) mass is 445 g/mol. The molecular formula is C21H20F5NO4. The minimum Gasteiger partial charge on any atom is -0.420 e. The number of nitrogens with zero attached hydrogens (tertiary/aromatic N) is 1. The van der Waals surface area contributed by atoms with E-state index in [-0.39, 0.29) is 19.6 Å². The minimum absolute atomic E-state index is 0.00671. The number of carbonyl (C=O) groups excluding carboxylic acids is 2. The Morgan fingerprint density at radius 2 is 1.58 bits per heavy atom. The lowest BCUT2D eigenvalue weighted by atomic mass is 10.0. The lowest BCUT2D eigenvalue weighted by Gasteiger charge is -2.23. The topological polar surface area (TPSA) is 55.8 Å². The maximum absolute atomic E-state index is 13.8. The number of benzene rings is 2. The second-order valence-electron chi connectivity index (χ2n) is 6.62. The van der Waals surface area contributed by atoms with Crippen molar-refractivity contribution in [2.45, 2.75) is 32.8 Å². The number of hydroxylamine groups is 2. The van der Waals surface area contributed by atoms with Crippen molar-refractivity contribution in [3.8, 4) is 5.75 Å². The Bertz CT molecular complexity index is 881. The maximum atomic E-state index is 13.8. The highest BCUT2D eigenvalue weighted by Gasteiger charge is 2.31. The number of rotatable bonds is 11. The zero-order valence-corrected chi connectivity index (χ0v) is 16.5. The first-order chi connectivity index (χ1) is 14.8. The van der Waals surface area contributed by atoms with Crippen LogP contribution in [0.4, 0.5) is 22.0 Å². The fourth-order valence-corrected chi connectivity index (χ4v) is 2.67. The highest BCUT2D eigenvalue weighted by Crippen LogP contribution is 2.30. The minimum atomic E-state index is -2.36. The predicted molar refractivity (Wildman–Crippen MR) is 98.9 cm³/mol. The van der Waals surface area contributed by atoms with Gasteiger partial charge in [0.25, 0.3) is 0 Å². The second-order valence-corrected chi connectivity index (χ2v) is 6.62. The van der Waals surface area contributed by atoms with Gasteiger partial charge in [0.05, 0.1) is 12.5 Å². The number of hydrogen-bond donors (Lipinski definition) is 0. The zero-order valence-electron chi connectivity index (χ0n) is 16.5. The van der Waals surface area contributed by atoms with E-state index in [4.69, 9.17) is 4.84 Å². The quantitative estimate of drug-likeness (QED) is 0.0959. The molecule has 2 aromatic rings. The van der Waals surface area contributed by atoms with Gasteiger partial charge in [-0.3, -0.25) is 14.4 Å². The first-order valence-electron chi connectivity index (χ1n) is 9.42. The van der Waals surface area contributed by atoms with Crippen LogP contribution in [-0.4, -0.2) is 24.0 Å². The number of hydrogen-bond acceptors (Lipinski definition) is 4. The molecule has 10 heteroatoms. The van der Waals surface area contributed by atoms with Gasteiger partial charge in [-0.25, -0.2) is 18.2 Å². The molecule has 2 aromatic carbocycles. The van der Waals surface area contributed by atoms with Crippen LogP contribution in [0.25, 0.3) is 0 Å². The molecule has 5 nitrogen and oxygen atoms in total. The number of esters is 1. The lowest BCUT2D eigenvalue weighted by Crippen LogP contribution is -2.35. The Labute approximate surface area is 175 Å². The molecule has 0 aliphatic carbocycles. The third kappa shape index (κ3) is 6.24. The van der Waals surface area contributed by atoms with Gasteiger partial charge in [-0.15, -0.1) is 0 Å². The van der Waals surface area contributed by atoms with E-state index in [1.807, 2.05) is 6.92 Å². The molecule has 1 atom stereocenters. The van der Waals surface area contributed by atoms with E-state index in [9.17, 15) is 31.5 Å². The van der Waals surface area contributed by atoms with Gasteiger partial charge in [0.15, 0.2) is 0 Å². The molecule has 0 radical (unpaired) electrons. The van der Waals surface area contributed by atoms with Crippen LogP contribution in [-0.2, 0) is 21.0 Å². The first kappa shape index (κ1) is 24.3. The number of ether oxygens (including phenoxy) is 1. The van der Waals surface area contributed by atoms with Crippen LogP contribution in [0.15, 0.2) is 30.3 Å². The number of halogens is 5. The van der Waals surface area contributed by atoms with Crippen molar-refractivity contribution in [2.24, 2.45) is 5.92 Å². The molecular weight excluding hydrogens is 425 g/mol. The summed E-state index contributed by atoms with van der Waals surface area (Å²) in [5.41, 5.74) is 0.739. The second kappa shape index (κ2) is 11.4. The molecule has 1 amide bonds. The Morgan fingerprint density at radius 3 is 2.13 bits per heavy atom. The summed E-state index contributed by atoms with van der Waals surface area (Å²) in [6.45, 7) is 1.48. The van der Waals surface area contributed by atoms with E-state index < -0.39 is 46.7 Å². The van der Waals surface area contributed by atoms with E-state index >= 15 is 0 Å². The van der Waals surface area contributed by atoms with Crippen LogP contribution in [0.1, 0.15) is 31.7 Å². The van der Waals surface area contributed by atoms with Crippen LogP contribution >= 0.6 is 0 Å². The normalized spacial score (nSPS) is 11.8. The van der Waals surface area contributed by atoms with E-state index in [1.165, 1.54) is 0 Å². The SMILES string of the molecule is CCCC[C@H](CN(C=O)OCc1ccccc1)C(=O)Oc1c(F)c(F)c(F)c(F)c1F. The summed E-state index contributed by atoms with van der Waals surface area (Å²) < 4.78 is 72.1. The molecule has 0 saturated heterocycles. The summed E-state index contributed by atoms with van der Waals surface area (Å²) in [7, 11) is 0. The zero-order chi connectivity index (χ0) is 23.0. The fourth-order valence-electron chi connectivity index (χ4n) is 2.67. The Hall–Kier alpha value is -3.01. The average molecular weight is 445 g/mol. The summed E-state index contributed by atoms with van der Waals surface area (Å²) >= 11 is 0. The summed E-state index contributed by atoms with van der Waals surface area (Å²) in [6.07, 6.45) is 1.55. The smallest absolute Gasteiger partial charge is 0.316 e. The van der Waals surface area contributed by atoms with Crippen molar-refractivity contribution >= 4 is 12.4 Å². The molecule has 0 saturated carbocycles. The summed E-state index contributed by atoms with van der Waals surface area (Å²) in [5, 5.41) is 0.813. The van der Waals surface area contributed by atoms with Crippen LogP contribution in [0.5, 0.6) is 5.75 Å². The highest BCUT2D eigenvalue weighted by atomic mass is 19.2.